The molecule has 3 heteroatoms. The first-order chi connectivity index (χ1) is 4.86. The molecule has 0 saturated heterocycles. The summed E-state index contributed by atoms with van der Waals surface area (Å²) >= 11 is 0. The van der Waals surface area contributed by atoms with Crippen molar-refractivity contribution in [1.82, 2.24) is 4.23 Å². The average Bonchev–Trinajstić information content (AvgIpc) is 1.87. The molecule has 0 saturated carbocycles. The molecule has 0 unspecified atom stereocenters. The zero-order valence-electron chi connectivity index (χ0n) is 8.52. The van der Waals surface area contributed by atoms with Crippen LogP contribution in [0.15, 0.2) is 25.3 Å². The minimum atomic E-state index is -0.840. The van der Waals surface area contributed by atoms with Crippen LogP contribution in [-0.2, 0) is 0 Å². The molecule has 0 N–H and O–H groups in total. The van der Waals surface area contributed by atoms with E-state index in [9.17, 15) is 0 Å². The summed E-state index contributed by atoms with van der Waals surface area (Å²) in [6, 6.07) is 0. The third-order valence-electron chi connectivity index (χ3n) is 1.51. The first-order valence-corrected chi connectivity index (χ1v) is 8.11. The number of hydrogen-bond donors (Lipinski definition) is 0. The summed E-state index contributed by atoms with van der Waals surface area (Å²) in [5.41, 5.74) is 0. The van der Waals surface area contributed by atoms with Crippen molar-refractivity contribution in [2.24, 2.45) is 0 Å². The van der Waals surface area contributed by atoms with Gasteiger partial charge in [-0.25, -0.2) is 0 Å². The summed E-state index contributed by atoms with van der Waals surface area (Å²) in [4.78, 5) is 0. The van der Waals surface area contributed by atoms with Crippen LogP contribution in [0.3, 0.4) is 0 Å². The molecule has 0 radical (unpaired) electrons. The smallest absolute Gasteiger partial charge is 0.111 e. The summed E-state index contributed by atoms with van der Waals surface area (Å²) in [5.74, 6) is 0. The lowest BCUT2D eigenvalue weighted by molar-refractivity contribution is 0.820. The van der Waals surface area contributed by atoms with Crippen molar-refractivity contribution in [2.45, 2.75) is 19.6 Å². The van der Waals surface area contributed by atoms with Crippen LogP contribution in [0.5, 0.6) is 0 Å². The first-order valence-electron chi connectivity index (χ1n) is 3.77. The summed E-state index contributed by atoms with van der Waals surface area (Å²) < 4.78 is 2.47. The highest BCUT2D eigenvalue weighted by molar-refractivity contribution is 6.76. The maximum absolute atomic E-state index is 3.36. The van der Waals surface area contributed by atoms with Crippen LogP contribution in [0.2, 0.25) is 19.6 Å². The summed E-state index contributed by atoms with van der Waals surface area (Å²) in [6.45, 7) is 13.8. The number of rotatable bonds is 2. The van der Waals surface area contributed by atoms with Crippen molar-refractivity contribution >= 4 is 18.6 Å². The average molecular weight is 187 g/mol. The predicted octanol–water partition coefficient (Wildman–Crippen LogP) is 1.39. The molecule has 0 bridgehead atoms. The van der Waals surface area contributed by atoms with Crippen LogP contribution >= 0.6 is 0 Å². The van der Waals surface area contributed by atoms with E-state index in [1.54, 1.807) is 12.2 Å². The Balaban J connectivity index is 0. The van der Waals surface area contributed by atoms with Gasteiger partial charge in [0.25, 0.3) is 0 Å². The molecular formula is C8H21NSi2. The van der Waals surface area contributed by atoms with Crippen molar-refractivity contribution in [3.05, 3.63) is 25.3 Å². The molecule has 0 aliphatic heterocycles. The van der Waals surface area contributed by atoms with Crippen molar-refractivity contribution in [3.8, 4) is 0 Å². The molecule has 0 atom stereocenters. The van der Waals surface area contributed by atoms with Crippen LogP contribution in [0.4, 0.5) is 0 Å². The third kappa shape index (κ3) is 13.0. The van der Waals surface area contributed by atoms with E-state index in [2.05, 4.69) is 44.1 Å². The summed E-state index contributed by atoms with van der Waals surface area (Å²) in [5, 5.41) is 0. The second-order valence-corrected chi connectivity index (χ2v) is 11.0. The van der Waals surface area contributed by atoms with Gasteiger partial charge in [0.1, 0.15) is 8.24 Å². The van der Waals surface area contributed by atoms with Crippen molar-refractivity contribution in [3.63, 3.8) is 0 Å². The predicted molar refractivity (Wildman–Crippen MR) is 61.4 cm³/mol. The van der Waals surface area contributed by atoms with Gasteiger partial charge in [-0.2, -0.15) is 0 Å². The van der Waals surface area contributed by atoms with Gasteiger partial charge in [0.2, 0.25) is 0 Å². The highest BCUT2D eigenvalue weighted by atomic mass is 28.4. The molecule has 0 spiro atoms. The molecule has 0 aromatic carbocycles. The number of allylic oxidation sites excluding steroid dienone is 2. The molecule has 11 heavy (non-hydrogen) atoms. The highest BCUT2D eigenvalue weighted by Gasteiger charge is 2.13. The lowest BCUT2D eigenvalue weighted by Crippen LogP contribution is -2.40. The highest BCUT2D eigenvalue weighted by Crippen LogP contribution is 2.00. The Kier molecular flexibility index (Phi) is 8.05. The van der Waals surface area contributed by atoms with Crippen LogP contribution in [0.25, 0.3) is 0 Å². The van der Waals surface area contributed by atoms with E-state index in [0.29, 0.717) is 0 Å². The fourth-order valence-electron chi connectivity index (χ4n) is 0. The van der Waals surface area contributed by atoms with Gasteiger partial charge in [0, 0.05) is 0 Å². The Bertz CT molecular complexity index is 108. The quantitative estimate of drug-likeness (QED) is 0.466. The molecule has 0 aliphatic rings. The zero-order chi connectivity index (χ0) is 9.49. The van der Waals surface area contributed by atoms with Crippen molar-refractivity contribution in [1.29, 1.82) is 0 Å². The van der Waals surface area contributed by atoms with Gasteiger partial charge in [0.05, 0.1) is 10.4 Å². The maximum atomic E-state index is 3.36. The molecule has 0 heterocycles. The molecular weight excluding hydrogens is 166 g/mol. The molecule has 0 aliphatic carbocycles. The minimum Gasteiger partial charge on any atom is -0.356 e. The van der Waals surface area contributed by atoms with Gasteiger partial charge in [-0.3, -0.25) is 0 Å². The molecule has 0 fully saturated rings. The van der Waals surface area contributed by atoms with E-state index in [4.69, 9.17) is 0 Å². The van der Waals surface area contributed by atoms with Gasteiger partial charge in [0.15, 0.2) is 0 Å². The van der Waals surface area contributed by atoms with Crippen LogP contribution in [0.1, 0.15) is 0 Å². The van der Waals surface area contributed by atoms with E-state index in [1.165, 1.54) is 10.4 Å². The van der Waals surface area contributed by atoms with E-state index in [1.807, 2.05) is 0 Å². The van der Waals surface area contributed by atoms with Crippen LogP contribution in [-0.4, -0.2) is 29.9 Å². The normalized spacial score (nSPS) is 10.3. The zero-order valence-corrected chi connectivity index (χ0v) is 11.5. The molecule has 66 valence electrons. The van der Waals surface area contributed by atoms with Crippen molar-refractivity contribution < 1.29 is 0 Å². The molecule has 0 amide bonds. The Hall–Kier alpha value is -0.126. The Morgan fingerprint density at radius 2 is 1.36 bits per heavy atom. The molecule has 0 aromatic rings. The van der Waals surface area contributed by atoms with Crippen LogP contribution in [0, 0.1) is 0 Å². The second kappa shape index (κ2) is 6.58. The maximum Gasteiger partial charge on any atom is 0.111 e. The van der Waals surface area contributed by atoms with E-state index in [-0.39, 0.29) is 0 Å². The lowest BCUT2D eigenvalue weighted by atomic mass is 10.6. The SMILES string of the molecule is C=CC=C.CN([SiH3])[Si](C)(C)C. The van der Waals surface area contributed by atoms with Gasteiger partial charge in [-0.1, -0.05) is 45.0 Å². The first kappa shape index (κ1) is 13.5. The summed E-state index contributed by atoms with van der Waals surface area (Å²) in [7, 11) is 2.59. The van der Waals surface area contributed by atoms with E-state index < -0.39 is 8.24 Å². The Labute approximate surface area is 75.4 Å². The number of hydrogen-bond acceptors (Lipinski definition) is 1. The third-order valence-corrected chi connectivity index (χ3v) is 8.22. The van der Waals surface area contributed by atoms with E-state index >= 15 is 0 Å². The monoisotopic (exact) mass is 187 g/mol. The van der Waals surface area contributed by atoms with E-state index in [0.717, 1.165) is 0 Å². The molecule has 0 rings (SSSR count). The topological polar surface area (TPSA) is 3.24 Å². The van der Waals surface area contributed by atoms with Gasteiger partial charge >= 0.3 is 0 Å². The Morgan fingerprint density at radius 1 is 1.18 bits per heavy atom. The molecule has 1 nitrogen and oxygen atoms in total. The van der Waals surface area contributed by atoms with Gasteiger partial charge < -0.3 is 4.23 Å². The van der Waals surface area contributed by atoms with Gasteiger partial charge in [-0.05, 0) is 7.05 Å². The molecule has 0 aromatic heterocycles. The lowest BCUT2D eigenvalue weighted by Gasteiger charge is -2.25. The van der Waals surface area contributed by atoms with Crippen molar-refractivity contribution in [2.75, 3.05) is 7.05 Å². The summed E-state index contributed by atoms with van der Waals surface area (Å²) in [6.07, 6.45) is 3.28. The fraction of sp³-hybridized carbons (Fsp3) is 0.500. The fourth-order valence-corrected chi connectivity index (χ4v) is 0. The number of nitrogens with zero attached hydrogens (tertiary/aromatic N) is 1. The Morgan fingerprint density at radius 3 is 1.36 bits per heavy atom. The minimum absolute atomic E-state index is 0.840. The van der Waals surface area contributed by atoms with Crippen LogP contribution < -0.4 is 0 Å². The standard InChI is InChI=1S/C4H15NSi2.C4H6/c1-5(6)7(2,3)4;1-3-4-2/h1-4,6H3;3-4H,1-2H2. The second-order valence-electron chi connectivity index (χ2n) is 3.54. The van der Waals surface area contributed by atoms with Gasteiger partial charge in [-0.15, -0.1) is 0 Å². The largest absolute Gasteiger partial charge is 0.356 e.